The maximum atomic E-state index is 11.6. The first-order chi connectivity index (χ1) is 9.72. The molecule has 2 saturated heterocycles. The van der Waals surface area contributed by atoms with Crippen molar-refractivity contribution in [2.75, 3.05) is 31.2 Å². The largest absolute Gasteiger partial charge is 0.378 e. The number of amides is 1. The highest BCUT2D eigenvalue weighted by Gasteiger charge is 2.24. The van der Waals surface area contributed by atoms with Crippen LogP contribution in [0.15, 0.2) is 18.0 Å². The third-order valence-electron chi connectivity index (χ3n) is 3.15. The van der Waals surface area contributed by atoms with Crippen LogP contribution in [0, 0.1) is 0 Å². The van der Waals surface area contributed by atoms with Crippen LogP contribution in [0.2, 0.25) is 0 Å². The molecule has 2 aliphatic heterocycles. The van der Waals surface area contributed by atoms with E-state index in [9.17, 15) is 9.59 Å². The second kappa shape index (κ2) is 5.38. The predicted octanol–water partition coefficient (Wildman–Crippen LogP) is -0.257. The number of anilines is 1. The molecule has 0 unspecified atom stereocenters. The normalized spacial score (nSPS) is 21.4. The van der Waals surface area contributed by atoms with Gasteiger partial charge in [0.05, 0.1) is 31.0 Å². The predicted molar refractivity (Wildman–Crippen MR) is 70.8 cm³/mol. The summed E-state index contributed by atoms with van der Waals surface area (Å²) in [6, 6.07) is 1.70. The Morgan fingerprint density at radius 1 is 1.30 bits per heavy atom. The lowest BCUT2D eigenvalue weighted by Crippen LogP contribution is -2.37. The fourth-order valence-electron chi connectivity index (χ4n) is 2.13. The zero-order valence-electron chi connectivity index (χ0n) is 10.8. The number of aromatic nitrogens is 2. The fraction of sp³-hybridized carbons (Fsp3) is 0.385. The minimum absolute atomic E-state index is 0.0900. The first kappa shape index (κ1) is 12.7. The molecule has 3 heterocycles. The summed E-state index contributed by atoms with van der Waals surface area (Å²) < 4.78 is 5.28. The van der Waals surface area contributed by atoms with Crippen LogP contribution in [0.1, 0.15) is 12.1 Å². The van der Waals surface area contributed by atoms with Gasteiger partial charge in [-0.1, -0.05) is 0 Å². The molecular weight excluding hydrogens is 260 g/mol. The molecule has 7 heteroatoms. The summed E-state index contributed by atoms with van der Waals surface area (Å²) in [7, 11) is 0. The summed E-state index contributed by atoms with van der Waals surface area (Å²) in [6.45, 7) is 2.80. The van der Waals surface area contributed by atoms with Crippen LogP contribution in [0.25, 0.3) is 6.08 Å². The number of hydrogen-bond donors (Lipinski definition) is 1. The third-order valence-corrected chi connectivity index (χ3v) is 3.15. The topological polar surface area (TPSA) is 84.4 Å². The highest BCUT2D eigenvalue weighted by Crippen LogP contribution is 2.14. The van der Waals surface area contributed by atoms with Crippen LogP contribution in [0.4, 0.5) is 5.95 Å². The molecule has 0 atom stereocenters. The Morgan fingerprint density at radius 2 is 2.10 bits per heavy atom. The van der Waals surface area contributed by atoms with E-state index in [1.54, 1.807) is 18.3 Å². The third kappa shape index (κ3) is 2.67. The van der Waals surface area contributed by atoms with E-state index in [2.05, 4.69) is 15.3 Å². The van der Waals surface area contributed by atoms with Gasteiger partial charge in [-0.2, -0.15) is 0 Å². The average Bonchev–Trinajstić information content (AvgIpc) is 2.78. The van der Waals surface area contributed by atoms with Crippen LogP contribution >= 0.6 is 0 Å². The van der Waals surface area contributed by atoms with Crippen LogP contribution in [0.5, 0.6) is 0 Å². The van der Waals surface area contributed by atoms with Gasteiger partial charge in [0.15, 0.2) is 5.78 Å². The molecule has 1 N–H and O–H groups in total. The van der Waals surface area contributed by atoms with Crippen LogP contribution < -0.4 is 10.2 Å². The van der Waals surface area contributed by atoms with E-state index in [1.807, 2.05) is 4.90 Å². The minimum atomic E-state index is -0.274. The Kier molecular flexibility index (Phi) is 3.42. The van der Waals surface area contributed by atoms with Crippen molar-refractivity contribution in [2.24, 2.45) is 0 Å². The van der Waals surface area contributed by atoms with Gasteiger partial charge in [0.25, 0.3) is 0 Å². The van der Waals surface area contributed by atoms with Crippen molar-refractivity contribution in [3.8, 4) is 0 Å². The molecule has 0 spiro atoms. The SMILES string of the molecule is O=C1CC(=O)/C(=C/c2ccnc(N3CCOCC3)n2)N1. The van der Waals surface area contributed by atoms with E-state index in [0.29, 0.717) is 30.6 Å². The van der Waals surface area contributed by atoms with Crippen molar-refractivity contribution in [1.82, 2.24) is 15.3 Å². The fourth-order valence-corrected chi connectivity index (χ4v) is 2.13. The second-order valence-corrected chi connectivity index (χ2v) is 4.59. The van der Waals surface area contributed by atoms with Crippen molar-refractivity contribution in [3.05, 3.63) is 23.7 Å². The Bertz CT molecular complexity index is 579. The Balaban J connectivity index is 1.82. The molecule has 2 fully saturated rings. The van der Waals surface area contributed by atoms with Gasteiger partial charge in [-0.3, -0.25) is 9.59 Å². The van der Waals surface area contributed by atoms with Gasteiger partial charge in [0, 0.05) is 19.3 Å². The number of ether oxygens (including phenoxy) is 1. The summed E-state index contributed by atoms with van der Waals surface area (Å²) in [5, 5.41) is 2.53. The van der Waals surface area contributed by atoms with E-state index < -0.39 is 0 Å². The van der Waals surface area contributed by atoms with Gasteiger partial charge in [-0.25, -0.2) is 9.97 Å². The van der Waals surface area contributed by atoms with Gasteiger partial charge in [-0.05, 0) is 12.1 Å². The summed E-state index contributed by atoms with van der Waals surface area (Å²) in [5.74, 6) is 0.129. The Labute approximate surface area is 115 Å². The monoisotopic (exact) mass is 274 g/mol. The van der Waals surface area contributed by atoms with Crippen molar-refractivity contribution >= 4 is 23.7 Å². The molecule has 7 nitrogen and oxygen atoms in total. The molecule has 20 heavy (non-hydrogen) atoms. The molecular formula is C13H14N4O3. The first-order valence-corrected chi connectivity index (χ1v) is 6.43. The number of hydrogen-bond acceptors (Lipinski definition) is 6. The smallest absolute Gasteiger partial charge is 0.232 e. The van der Waals surface area contributed by atoms with E-state index >= 15 is 0 Å². The molecule has 1 amide bonds. The van der Waals surface area contributed by atoms with Gasteiger partial charge in [0.1, 0.15) is 0 Å². The number of carbonyl (C=O) groups is 2. The van der Waals surface area contributed by atoms with Crippen molar-refractivity contribution < 1.29 is 14.3 Å². The average molecular weight is 274 g/mol. The van der Waals surface area contributed by atoms with Gasteiger partial charge in [0.2, 0.25) is 11.9 Å². The molecule has 3 rings (SSSR count). The number of allylic oxidation sites excluding steroid dienone is 1. The number of morpholine rings is 1. The van der Waals surface area contributed by atoms with Crippen LogP contribution in [-0.2, 0) is 14.3 Å². The number of nitrogens with one attached hydrogen (secondary N) is 1. The summed E-state index contributed by atoms with van der Waals surface area (Å²) in [4.78, 5) is 33.4. The van der Waals surface area contributed by atoms with Crippen molar-refractivity contribution in [3.63, 3.8) is 0 Å². The standard InChI is InChI=1S/C13H14N4O3/c18-11-8-12(19)16-10(11)7-9-1-2-14-13(15-9)17-3-5-20-6-4-17/h1-2,7H,3-6,8H2,(H,16,19)/b10-7-. The quantitative estimate of drug-likeness (QED) is 0.591. The lowest BCUT2D eigenvalue weighted by molar-refractivity contribution is -0.121. The number of carbonyl (C=O) groups excluding carboxylic acids is 2. The number of rotatable bonds is 2. The van der Waals surface area contributed by atoms with Crippen molar-refractivity contribution in [2.45, 2.75) is 6.42 Å². The van der Waals surface area contributed by atoms with Gasteiger partial charge >= 0.3 is 0 Å². The highest BCUT2D eigenvalue weighted by molar-refractivity contribution is 6.16. The van der Waals surface area contributed by atoms with E-state index in [1.165, 1.54) is 0 Å². The van der Waals surface area contributed by atoms with Crippen LogP contribution in [0.3, 0.4) is 0 Å². The summed E-state index contributed by atoms with van der Waals surface area (Å²) in [6.07, 6.45) is 3.14. The Morgan fingerprint density at radius 3 is 2.80 bits per heavy atom. The van der Waals surface area contributed by atoms with Gasteiger partial charge < -0.3 is 15.0 Å². The first-order valence-electron chi connectivity index (χ1n) is 6.43. The Hall–Kier alpha value is -2.28. The maximum Gasteiger partial charge on any atom is 0.232 e. The molecule has 0 saturated carbocycles. The molecule has 1 aromatic heterocycles. The molecule has 104 valence electrons. The molecule has 0 aliphatic carbocycles. The zero-order chi connectivity index (χ0) is 13.9. The number of ketones is 1. The van der Waals surface area contributed by atoms with E-state index in [4.69, 9.17) is 4.74 Å². The van der Waals surface area contributed by atoms with Crippen LogP contribution in [-0.4, -0.2) is 48.0 Å². The molecule has 2 aliphatic rings. The molecule has 1 aromatic rings. The second-order valence-electron chi connectivity index (χ2n) is 4.59. The van der Waals surface area contributed by atoms with E-state index in [0.717, 1.165) is 13.1 Å². The molecule has 0 radical (unpaired) electrons. The molecule has 0 aromatic carbocycles. The summed E-state index contributed by atoms with van der Waals surface area (Å²) in [5.41, 5.74) is 0.897. The zero-order valence-corrected chi connectivity index (χ0v) is 10.8. The lowest BCUT2D eigenvalue weighted by atomic mass is 10.2. The lowest BCUT2D eigenvalue weighted by Gasteiger charge is -2.26. The number of nitrogens with zero attached hydrogens (tertiary/aromatic N) is 3. The van der Waals surface area contributed by atoms with Gasteiger partial charge in [-0.15, -0.1) is 0 Å². The van der Waals surface area contributed by atoms with Crippen molar-refractivity contribution in [1.29, 1.82) is 0 Å². The number of Topliss-reactive ketones (excluding diaryl/α,β-unsaturated/α-hetero) is 1. The molecule has 0 bridgehead atoms. The minimum Gasteiger partial charge on any atom is -0.378 e. The summed E-state index contributed by atoms with van der Waals surface area (Å²) >= 11 is 0. The highest BCUT2D eigenvalue weighted by atomic mass is 16.5. The maximum absolute atomic E-state index is 11.6. The van der Waals surface area contributed by atoms with E-state index in [-0.39, 0.29) is 18.1 Å².